The summed E-state index contributed by atoms with van der Waals surface area (Å²) in [5.74, 6) is -1.76. The molecule has 76 valence electrons. The van der Waals surface area contributed by atoms with Gasteiger partial charge in [-0.1, -0.05) is 20.8 Å². The molecule has 0 amide bonds. The smallest absolute Gasteiger partial charge is 0.336 e. The highest BCUT2D eigenvalue weighted by Gasteiger charge is 2.44. The van der Waals surface area contributed by atoms with E-state index in [1.54, 1.807) is 13.8 Å². The molecule has 0 spiro atoms. The van der Waals surface area contributed by atoms with Crippen molar-refractivity contribution in [3.05, 3.63) is 10.1 Å². The fourth-order valence-electron chi connectivity index (χ4n) is 1.15. The van der Waals surface area contributed by atoms with Crippen molar-refractivity contribution in [3.8, 4) is 0 Å². The maximum atomic E-state index is 10.8. The topological polar surface area (TPSA) is 89.7 Å². The normalized spacial score (nSPS) is 15.1. The van der Waals surface area contributed by atoms with Crippen LogP contribution in [-0.2, 0) is 9.63 Å². The quantitative estimate of drug-likeness (QED) is 0.518. The Morgan fingerprint density at radius 3 is 2.23 bits per heavy atom. The van der Waals surface area contributed by atoms with E-state index in [0.29, 0.717) is 0 Å². The molecule has 0 aromatic rings. The van der Waals surface area contributed by atoms with Crippen LogP contribution in [0.2, 0.25) is 0 Å². The third-order valence-electron chi connectivity index (χ3n) is 2.06. The summed E-state index contributed by atoms with van der Waals surface area (Å²) in [7, 11) is 0. The molecule has 0 bridgehead atoms. The van der Waals surface area contributed by atoms with Crippen LogP contribution in [0.5, 0.6) is 0 Å². The molecule has 0 saturated carbocycles. The van der Waals surface area contributed by atoms with E-state index in [2.05, 4.69) is 4.84 Å². The van der Waals surface area contributed by atoms with Gasteiger partial charge in [-0.05, 0) is 12.3 Å². The molecule has 1 unspecified atom stereocenters. The second-order valence-corrected chi connectivity index (χ2v) is 3.02. The van der Waals surface area contributed by atoms with Crippen LogP contribution in [0.1, 0.15) is 27.2 Å². The fraction of sp³-hybridized carbons (Fsp3) is 0.857. The second kappa shape index (κ2) is 4.06. The molecule has 0 radical (unpaired) electrons. The molecule has 0 aromatic carbocycles. The Morgan fingerprint density at radius 2 is 2.15 bits per heavy atom. The Balaban J connectivity index is 4.87. The molecule has 0 rings (SSSR count). The van der Waals surface area contributed by atoms with Gasteiger partial charge in [-0.3, -0.25) is 4.84 Å². The van der Waals surface area contributed by atoms with Gasteiger partial charge in [-0.2, -0.15) is 0 Å². The molecular formula is C7H13NO5. The van der Waals surface area contributed by atoms with E-state index in [-0.39, 0.29) is 6.42 Å². The first-order valence-electron chi connectivity index (χ1n) is 3.93. The van der Waals surface area contributed by atoms with Gasteiger partial charge in [0.1, 0.15) is 0 Å². The van der Waals surface area contributed by atoms with Crippen LogP contribution in [0.3, 0.4) is 0 Å². The SMILES string of the molecule is CCC(O[N+](=O)[O-])(C(=O)O)C(C)C. The molecule has 0 aliphatic carbocycles. The minimum Gasteiger partial charge on any atom is -0.479 e. The lowest BCUT2D eigenvalue weighted by Gasteiger charge is -2.29. The summed E-state index contributed by atoms with van der Waals surface area (Å²) in [6, 6.07) is 0. The molecule has 0 aromatic heterocycles. The van der Waals surface area contributed by atoms with E-state index in [9.17, 15) is 14.9 Å². The third-order valence-corrected chi connectivity index (χ3v) is 2.06. The summed E-state index contributed by atoms with van der Waals surface area (Å²) in [4.78, 5) is 25.1. The van der Waals surface area contributed by atoms with Gasteiger partial charge in [0, 0.05) is 0 Å². The van der Waals surface area contributed by atoms with Crippen molar-refractivity contribution in [3.63, 3.8) is 0 Å². The van der Waals surface area contributed by atoms with Crippen molar-refractivity contribution in [1.82, 2.24) is 0 Å². The number of carbonyl (C=O) groups is 1. The summed E-state index contributed by atoms with van der Waals surface area (Å²) in [6.45, 7) is 4.68. The Hall–Kier alpha value is -1.33. The summed E-state index contributed by atoms with van der Waals surface area (Å²) in [5.41, 5.74) is -1.72. The minimum atomic E-state index is -1.72. The highest BCUT2D eigenvalue weighted by Crippen LogP contribution is 2.26. The van der Waals surface area contributed by atoms with Crippen molar-refractivity contribution in [2.24, 2.45) is 5.92 Å². The number of hydrogen-bond acceptors (Lipinski definition) is 4. The minimum absolute atomic E-state index is 0.0565. The van der Waals surface area contributed by atoms with Crippen molar-refractivity contribution in [1.29, 1.82) is 0 Å². The molecule has 0 saturated heterocycles. The van der Waals surface area contributed by atoms with E-state index in [4.69, 9.17) is 5.11 Å². The number of aliphatic carboxylic acids is 1. The second-order valence-electron chi connectivity index (χ2n) is 3.02. The van der Waals surface area contributed by atoms with E-state index in [0.717, 1.165) is 0 Å². The van der Waals surface area contributed by atoms with Crippen LogP contribution in [0.25, 0.3) is 0 Å². The number of rotatable bonds is 5. The van der Waals surface area contributed by atoms with Crippen molar-refractivity contribution in [2.45, 2.75) is 32.8 Å². The zero-order valence-corrected chi connectivity index (χ0v) is 7.81. The van der Waals surface area contributed by atoms with E-state index >= 15 is 0 Å². The molecule has 0 fully saturated rings. The molecular weight excluding hydrogens is 178 g/mol. The molecule has 13 heavy (non-hydrogen) atoms. The Morgan fingerprint density at radius 1 is 1.69 bits per heavy atom. The van der Waals surface area contributed by atoms with Gasteiger partial charge < -0.3 is 5.11 Å². The first-order valence-corrected chi connectivity index (χ1v) is 3.93. The molecule has 1 atom stereocenters. The van der Waals surface area contributed by atoms with Gasteiger partial charge in [0.2, 0.25) is 5.60 Å². The average Bonchev–Trinajstić information content (AvgIpc) is 1.98. The average molecular weight is 191 g/mol. The molecule has 1 N–H and O–H groups in total. The van der Waals surface area contributed by atoms with Crippen LogP contribution in [0.15, 0.2) is 0 Å². The lowest BCUT2D eigenvalue weighted by Crippen LogP contribution is -2.47. The number of hydrogen-bond donors (Lipinski definition) is 1. The molecule has 6 nitrogen and oxygen atoms in total. The van der Waals surface area contributed by atoms with Crippen molar-refractivity contribution >= 4 is 5.97 Å². The van der Waals surface area contributed by atoms with Crippen LogP contribution in [0.4, 0.5) is 0 Å². The summed E-state index contributed by atoms with van der Waals surface area (Å²) in [6.07, 6.45) is 0.0565. The van der Waals surface area contributed by atoms with Gasteiger partial charge in [-0.15, -0.1) is 10.1 Å². The van der Waals surface area contributed by atoms with Crippen LogP contribution in [-0.4, -0.2) is 21.8 Å². The van der Waals surface area contributed by atoms with Crippen LogP contribution >= 0.6 is 0 Å². The number of carboxylic acid groups (broad SMARTS) is 1. The lowest BCUT2D eigenvalue weighted by atomic mass is 9.88. The van der Waals surface area contributed by atoms with Gasteiger partial charge in [0.15, 0.2) is 0 Å². The summed E-state index contributed by atoms with van der Waals surface area (Å²) in [5, 5.41) is 17.9. The Kier molecular flexibility index (Phi) is 3.65. The van der Waals surface area contributed by atoms with Gasteiger partial charge >= 0.3 is 5.97 Å². The highest BCUT2D eigenvalue weighted by atomic mass is 17.0. The Labute approximate surface area is 75.6 Å². The Bertz CT molecular complexity index is 215. The van der Waals surface area contributed by atoms with E-state index < -0.39 is 22.6 Å². The number of carboxylic acids is 1. The van der Waals surface area contributed by atoms with Crippen LogP contribution < -0.4 is 0 Å². The van der Waals surface area contributed by atoms with E-state index in [1.165, 1.54) is 6.92 Å². The van der Waals surface area contributed by atoms with Gasteiger partial charge in [-0.25, -0.2) is 4.79 Å². The largest absolute Gasteiger partial charge is 0.479 e. The fourth-order valence-corrected chi connectivity index (χ4v) is 1.15. The van der Waals surface area contributed by atoms with Crippen molar-refractivity contribution in [2.75, 3.05) is 0 Å². The summed E-state index contributed by atoms with van der Waals surface area (Å²) >= 11 is 0. The first-order chi connectivity index (χ1) is 5.86. The number of nitrogens with zero attached hydrogens (tertiary/aromatic N) is 1. The lowest BCUT2D eigenvalue weighted by molar-refractivity contribution is -0.779. The van der Waals surface area contributed by atoms with E-state index in [1.807, 2.05) is 0 Å². The molecule has 0 aliphatic heterocycles. The van der Waals surface area contributed by atoms with Gasteiger partial charge in [0.05, 0.1) is 0 Å². The zero-order chi connectivity index (χ0) is 10.6. The maximum absolute atomic E-state index is 10.8. The van der Waals surface area contributed by atoms with Crippen LogP contribution in [0, 0.1) is 16.0 Å². The standard InChI is InChI=1S/C7H13NO5/c1-4-7(5(2)3,6(9)10)13-8(11)12/h5H,4H2,1-3H3,(H,9,10). The molecule has 6 heteroatoms. The molecule has 0 aliphatic rings. The maximum Gasteiger partial charge on any atom is 0.336 e. The predicted octanol–water partition coefficient (Wildman–Crippen LogP) is 1.08. The molecule has 0 heterocycles. The van der Waals surface area contributed by atoms with Gasteiger partial charge in [0.25, 0.3) is 5.09 Å². The first kappa shape index (κ1) is 11.7. The predicted molar refractivity (Wildman–Crippen MR) is 43.6 cm³/mol. The monoisotopic (exact) mass is 191 g/mol. The zero-order valence-electron chi connectivity index (χ0n) is 7.81. The third kappa shape index (κ3) is 2.30. The highest BCUT2D eigenvalue weighted by molar-refractivity contribution is 5.77. The summed E-state index contributed by atoms with van der Waals surface area (Å²) < 4.78 is 0. The van der Waals surface area contributed by atoms with Crippen molar-refractivity contribution < 1.29 is 19.8 Å².